The molecule has 0 atom stereocenters. The molecule has 1 aromatic carbocycles. The minimum atomic E-state index is -0.248. The number of ether oxygens (including phenoxy) is 1. The second kappa shape index (κ2) is 9.78. The zero-order valence-corrected chi connectivity index (χ0v) is 18.2. The van der Waals surface area contributed by atoms with Gasteiger partial charge in [0.2, 0.25) is 5.91 Å². The molecule has 2 rings (SSSR count). The second-order valence-electron chi connectivity index (χ2n) is 8.65. The van der Waals surface area contributed by atoms with Gasteiger partial charge in [-0.05, 0) is 63.1 Å². The number of benzene rings is 1. The number of rotatable bonds is 9. The SMILES string of the molecule is COc1cccc(Cn2cccc2CN(C(=O)CNCC(C)C)C(C)(C)C)c1. The first-order valence-corrected chi connectivity index (χ1v) is 9.99. The summed E-state index contributed by atoms with van der Waals surface area (Å²) in [6, 6.07) is 12.2. The van der Waals surface area contributed by atoms with E-state index in [1.165, 1.54) is 5.56 Å². The minimum Gasteiger partial charge on any atom is -0.497 e. The molecule has 1 heterocycles. The largest absolute Gasteiger partial charge is 0.497 e. The molecule has 0 saturated heterocycles. The summed E-state index contributed by atoms with van der Waals surface area (Å²) in [4.78, 5) is 14.8. The van der Waals surface area contributed by atoms with Crippen molar-refractivity contribution in [2.45, 2.75) is 53.2 Å². The Morgan fingerprint density at radius 3 is 2.61 bits per heavy atom. The zero-order valence-electron chi connectivity index (χ0n) is 18.2. The number of hydrogen-bond acceptors (Lipinski definition) is 3. The van der Waals surface area contributed by atoms with Crippen molar-refractivity contribution in [2.75, 3.05) is 20.2 Å². The highest BCUT2D eigenvalue weighted by atomic mass is 16.5. The normalized spacial score (nSPS) is 11.7. The maximum Gasteiger partial charge on any atom is 0.237 e. The van der Waals surface area contributed by atoms with Crippen LogP contribution in [0.2, 0.25) is 0 Å². The maximum atomic E-state index is 12.9. The van der Waals surface area contributed by atoms with Crippen LogP contribution in [-0.2, 0) is 17.9 Å². The van der Waals surface area contributed by atoms with Gasteiger partial charge in [-0.3, -0.25) is 4.79 Å². The number of methoxy groups -OCH3 is 1. The highest BCUT2D eigenvalue weighted by Crippen LogP contribution is 2.20. The van der Waals surface area contributed by atoms with Crippen molar-refractivity contribution in [3.05, 3.63) is 53.9 Å². The van der Waals surface area contributed by atoms with Gasteiger partial charge in [0.05, 0.1) is 20.2 Å². The predicted molar refractivity (Wildman–Crippen MR) is 115 cm³/mol. The van der Waals surface area contributed by atoms with E-state index < -0.39 is 0 Å². The number of aromatic nitrogens is 1. The van der Waals surface area contributed by atoms with Crippen LogP contribution in [0.3, 0.4) is 0 Å². The van der Waals surface area contributed by atoms with Gasteiger partial charge in [0.15, 0.2) is 0 Å². The fraction of sp³-hybridized carbons (Fsp3) is 0.522. The van der Waals surface area contributed by atoms with Gasteiger partial charge < -0.3 is 19.5 Å². The van der Waals surface area contributed by atoms with Gasteiger partial charge >= 0.3 is 0 Å². The predicted octanol–water partition coefficient (Wildman–Crippen LogP) is 3.92. The van der Waals surface area contributed by atoms with E-state index in [1.54, 1.807) is 7.11 Å². The van der Waals surface area contributed by atoms with Crippen LogP contribution in [0.4, 0.5) is 0 Å². The first kappa shape index (κ1) is 22.0. The van der Waals surface area contributed by atoms with Crippen LogP contribution in [0.5, 0.6) is 5.75 Å². The van der Waals surface area contributed by atoms with Crippen LogP contribution in [-0.4, -0.2) is 41.1 Å². The Labute approximate surface area is 169 Å². The van der Waals surface area contributed by atoms with Crippen molar-refractivity contribution in [1.82, 2.24) is 14.8 Å². The van der Waals surface area contributed by atoms with Crippen LogP contribution < -0.4 is 10.1 Å². The monoisotopic (exact) mass is 385 g/mol. The molecule has 0 aliphatic rings. The van der Waals surface area contributed by atoms with Crippen LogP contribution in [0.25, 0.3) is 0 Å². The summed E-state index contributed by atoms with van der Waals surface area (Å²) >= 11 is 0. The van der Waals surface area contributed by atoms with E-state index in [9.17, 15) is 4.79 Å². The number of carbonyl (C=O) groups is 1. The highest BCUT2D eigenvalue weighted by molar-refractivity contribution is 5.79. The van der Waals surface area contributed by atoms with Crippen molar-refractivity contribution in [3.63, 3.8) is 0 Å². The third-order valence-corrected chi connectivity index (χ3v) is 4.67. The van der Waals surface area contributed by atoms with E-state index in [2.05, 4.69) is 62.8 Å². The van der Waals surface area contributed by atoms with E-state index >= 15 is 0 Å². The van der Waals surface area contributed by atoms with Crippen LogP contribution in [0.15, 0.2) is 42.6 Å². The molecule has 0 aliphatic heterocycles. The molecule has 1 aromatic heterocycles. The average molecular weight is 386 g/mol. The lowest BCUT2D eigenvalue weighted by Gasteiger charge is -2.36. The van der Waals surface area contributed by atoms with Gasteiger partial charge in [-0.1, -0.05) is 26.0 Å². The maximum absolute atomic E-state index is 12.9. The molecule has 0 aliphatic carbocycles. The van der Waals surface area contributed by atoms with Gasteiger partial charge in [0.1, 0.15) is 5.75 Å². The summed E-state index contributed by atoms with van der Waals surface area (Å²) in [5, 5.41) is 3.27. The van der Waals surface area contributed by atoms with Crippen molar-refractivity contribution >= 4 is 5.91 Å². The Bertz CT molecular complexity index is 759. The molecule has 0 bridgehead atoms. The number of amides is 1. The molecule has 0 fully saturated rings. The first-order chi connectivity index (χ1) is 13.2. The first-order valence-electron chi connectivity index (χ1n) is 9.99. The lowest BCUT2D eigenvalue weighted by Crippen LogP contribution is -2.49. The lowest BCUT2D eigenvalue weighted by atomic mass is 10.1. The number of hydrogen-bond donors (Lipinski definition) is 1. The third-order valence-electron chi connectivity index (χ3n) is 4.67. The standard InChI is InChI=1S/C23H35N3O2/c1-18(2)14-24-15-22(27)26(23(3,4)5)17-20-10-8-12-25(20)16-19-9-7-11-21(13-19)28-6/h7-13,18,24H,14-17H2,1-6H3. The van der Waals surface area contributed by atoms with Crippen LogP contribution >= 0.6 is 0 Å². The summed E-state index contributed by atoms with van der Waals surface area (Å²) in [5.74, 6) is 1.51. The fourth-order valence-electron chi connectivity index (χ4n) is 3.14. The van der Waals surface area contributed by atoms with Gasteiger partial charge in [-0.2, -0.15) is 0 Å². The summed E-state index contributed by atoms with van der Waals surface area (Å²) in [7, 11) is 1.68. The topological polar surface area (TPSA) is 46.5 Å². The molecular weight excluding hydrogens is 350 g/mol. The zero-order chi connectivity index (χ0) is 20.7. The van der Waals surface area contributed by atoms with Crippen molar-refractivity contribution < 1.29 is 9.53 Å². The Morgan fingerprint density at radius 2 is 1.96 bits per heavy atom. The Balaban J connectivity index is 2.12. The molecule has 5 heteroatoms. The molecule has 1 N–H and O–H groups in total. The Kier molecular flexibility index (Phi) is 7.69. The smallest absolute Gasteiger partial charge is 0.237 e. The molecule has 0 spiro atoms. The quantitative estimate of drug-likeness (QED) is 0.712. The molecular formula is C23H35N3O2. The van der Waals surface area contributed by atoms with Crippen LogP contribution in [0.1, 0.15) is 45.9 Å². The van der Waals surface area contributed by atoms with Gasteiger partial charge in [0, 0.05) is 24.0 Å². The molecule has 5 nitrogen and oxygen atoms in total. The molecule has 2 aromatic rings. The Morgan fingerprint density at radius 1 is 1.21 bits per heavy atom. The minimum absolute atomic E-state index is 0.127. The Hall–Kier alpha value is -2.27. The van der Waals surface area contributed by atoms with Gasteiger partial charge in [-0.15, -0.1) is 0 Å². The van der Waals surface area contributed by atoms with E-state index in [4.69, 9.17) is 4.74 Å². The van der Waals surface area contributed by atoms with Crippen molar-refractivity contribution in [2.24, 2.45) is 5.92 Å². The molecule has 0 saturated carbocycles. The molecule has 1 amide bonds. The summed E-state index contributed by atoms with van der Waals surface area (Å²) in [6.07, 6.45) is 2.07. The van der Waals surface area contributed by atoms with E-state index in [1.807, 2.05) is 29.2 Å². The molecule has 154 valence electrons. The van der Waals surface area contributed by atoms with E-state index in [-0.39, 0.29) is 11.4 Å². The summed E-state index contributed by atoms with van der Waals surface area (Å²) in [5.41, 5.74) is 2.04. The average Bonchev–Trinajstić information content (AvgIpc) is 3.05. The second-order valence-corrected chi connectivity index (χ2v) is 8.65. The number of nitrogens with zero attached hydrogens (tertiary/aromatic N) is 2. The fourth-order valence-corrected chi connectivity index (χ4v) is 3.14. The third kappa shape index (κ3) is 6.41. The van der Waals surface area contributed by atoms with Crippen molar-refractivity contribution in [1.29, 1.82) is 0 Å². The molecule has 28 heavy (non-hydrogen) atoms. The van der Waals surface area contributed by atoms with Gasteiger partial charge in [-0.25, -0.2) is 0 Å². The lowest BCUT2D eigenvalue weighted by molar-refractivity contribution is -0.135. The molecule has 0 unspecified atom stereocenters. The highest BCUT2D eigenvalue weighted by Gasteiger charge is 2.27. The summed E-state index contributed by atoms with van der Waals surface area (Å²) in [6.45, 7) is 13.1. The van der Waals surface area contributed by atoms with E-state index in [0.29, 0.717) is 19.0 Å². The van der Waals surface area contributed by atoms with Crippen molar-refractivity contribution in [3.8, 4) is 5.75 Å². The van der Waals surface area contributed by atoms with Gasteiger partial charge in [0.25, 0.3) is 0 Å². The summed E-state index contributed by atoms with van der Waals surface area (Å²) < 4.78 is 7.53. The van der Waals surface area contributed by atoms with E-state index in [0.717, 1.165) is 24.5 Å². The van der Waals surface area contributed by atoms with Crippen LogP contribution in [0, 0.1) is 5.92 Å². The number of carbonyl (C=O) groups excluding carboxylic acids is 1. The number of nitrogens with one attached hydrogen (secondary N) is 1. The molecule has 0 radical (unpaired) electrons.